The van der Waals surface area contributed by atoms with Crippen LogP contribution < -0.4 is 5.43 Å². The Balaban J connectivity index is 1.48. The van der Waals surface area contributed by atoms with Gasteiger partial charge in [-0.15, -0.1) is 0 Å². The molecule has 0 saturated heterocycles. The molecule has 0 radical (unpaired) electrons. The topological polar surface area (TPSA) is 41.5 Å². The van der Waals surface area contributed by atoms with Crippen molar-refractivity contribution in [1.29, 1.82) is 0 Å². The highest BCUT2D eigenvalue weighted by molar-refractivity contribution is 5.85. The van der Waals surface area contributed by atoms with Gasteiger partial charge < -0.3 is 0 Å². The van der Waals surface area contributed by atoms with Crippen LogP contribution in [0.1, 0.15) is 38.2 Å². The first-order valence-electron chi connectivity index (χ1n) is 7.76. The van der Waals surface area contributed by atoms with Crippen molar-refractivity contribution in [3.63, 3.8) is 0 Å². The number of carbonyl (C=O) groups excluding carboxylic acids is 1. The van der Waals surface area contributed by atoms with E-state index in [9.17, 15) is 4.79 Å². The zero-order valence-electron chi connectivity index (χ0n) is 12.5. The van der Waals surface area contributed by atoms with Crippen molar-refractivity contribution < 1.29 is 4.79 Å². The molecule has 0 aromatic heterocycles. The number of hydrogen-bond donors (Lipinski definition) is 1. The van der Waals surface area contributed by atoms with Crippen LogP contribution in [0.5, 0.6) is 0 Å². The molecule has 0 spiro atoms. The summed E-state index contributed by atoms with van der Waals surface area (Å²) in [5.41, 5.74) is 4.06. The molecule has 0 heterocycles. The fraction of sp³-hybridized carbons (Fsp3) is 0.444. The van der Waals surface area contributed by atoms with E-state index in [-0.39, 0.29) is 17.2 Å². The fourth-order valence-corrected chi connectivity index (χ4v) is 3.78. The largest absolute Gasteiger partial charge is 0.273 e. The third-order valence-corrected chi connectivity index (χ3v) is 5.04. The van der Waals surface area contributed by atoms with Crippen LogP contribution in [0.4, 0.5) is 0 Å². The van der Waals surface area contributed by atoms with Crippen LogP contribution in [0.15, 0.2) is 41.5 Å². The molecule has 3 atom stereocenters. The summed E-state index contributed by atoms with van der Waals surface area (Å²) in [5.74, 6) is 0.852. The summed E-state index contributed by atoms with van der Waals surface area (Å²) in [6, 6.07) is 10.0. The molecule has 2 saturated carbocycles. The van der Waals surface area contributed by atoms with Gasteiger partial charge in [0.25, 0.3) is 0 Å². The molecule has 3 rings (SSSR count). The van der Waals surface area contributed by atoms with Crippen LogP contribution in [0.2, 0.25) is 0 Å². The minimum Gasteiger partial charge on any atom is -0.273 e. The SMILES string of the molecule is C[C@]12CCCC[C@@H]1[C@@H]2C(=O)N/N=C\C=C\c1ccccc1. The first kappa shape index (κ1) is 14.1. The van der Waals surface area contributed by atoms with Crippen molar-refractivity contribution in [2.24, 2.45) is 22.4 Å². The number of amides is 1. The van der Waals surface area contributed by atoms with E-state index in [0.29, 0.717) is 5.92 Å². The number of benzene rings is 1. The number of rotatable bonds is 4. The standard InChI is InChI=1S/C18H22N2O/c1-18-12-6-5-11-15(18)16(18)17(21)20-19-13-7-10-14-8-3-2-4-9-14/h2-4,7-10,13,15-16H,5-6,11-12H2,1H3,(H,20,21)/b10-7+,19-13-/t15-,16-,18+/m1/s1. The Bertz CT molecular complexity index is 564. The second-order valence-corrected chi connectivity index (χ2v) is 6.36. The Hall–Kier alpha value is -1.90. The number of nitrogens with zero attached hydrogens (tertiary/aromatic N) is 1. The number of carbonyl (C=O) groups is 1. The molecule has 2 aliphatic carbocycles. The smallest absolute Gasteiger partial charge is 0.244 e. The first-order valence-corrected chi connectivity index (χ1v) is 7.76. The quantitative estimate of drug-likeness (QED) is 0.665. The molecule has 0 unspecified atom stereocenters. The maximum Gasteiger partial charge on any atom is 0.244 e. The Kier molecular flexibility index (Phi) is 3.91. The van der Waals surface area contributed by atoms with Crippen LogP contribution in [-0.2, 0) is 4.79 Å². The Morgan fingerprint density at radius 3 is 2.86 bits per heavy atom. The van der Waals surface area contributed by atoms with Crippen LogP contribution >= 0.6 is 0 Å². The van der Waals surface area contributed by atoms with Gasteiger partial charge in [0.05, 0.1) is 0 Å². The molecule has 0 bridgehead atoms. The van der Waals surface area contributed by atoms with E-state index in [2.05, 4.69) is 17.5 Å². The van der Waals surface area contributed by atoms with Gasteiger partial charge in [0.1, 0.15) is 0 Å². The highest BCUT2D eigenvalue weighted by atomic mass is 16.2. The van der Waals surface area contributed by atoms with Gasteiger partial charge in [-0.2, -0.15) is 5.10 Å². The first-order chi connectivity index (χ1) is 10.2. The van der Waals surface area contributed by atoms with Gasteiger partial charge in [0.15, 0.2) is 0 Å². The van der Waals surface area contributed by atoms with Crippen molar-refractivity contribution in [3.05, 3.63) is 42.0 Å². The van der Waals surface area contributed by atoms with E-state index >= 15 is 0 Å². The van der Waals surface area contributed by atoms with E-state index in [4.69, 9.17) is 0 Å². The van der Waals surface area contributed by atoms with Gasteiger partial charge in [-0.05, 0) is 35.8 Å². The number of hydrogen-bond acceptors (Lipinski definition) is 2. The normalized spacial score (nSPS) is 31.3. The van der Waals surface area contributed by atoms with E-state index < -0.39 is 0 Å². The zero-order chi connectivity index (χ0) is 14.7. The monoisotopic (exact) mass is 282 g/mol. The number of fused-ring (bicyclic) bond motifs is 1. The number of nitrogens with one attached hydrogen (secondary N) is 1. The number of hydrazone groups is 1. The van der Waals surface area contributed by atoms with Crippen LogP contribution in [0, 0.1) is 17.3 Å². The van der Waals surface area contributed by atoms with Gasteiger partial charge in [-0.3, -0.25) is 4.79 Å². The molecule has 1 aromatic carbocycles. The van der Waals surface area contributed by atoms with Gasteiger partial charge >= 0.3 is 0 Å². The maximum absolute atomic E-state index is 12.2. The lowest BCUT2D eigenvalue weighted by Crippen LogP contribution is -2.22. The average molecular weight is 282 g/mol. The highest BCUT2D eigenvalue weighted by Crippen LogP contribution is 2.66. The van der Waals surface area contributed by atoms with E-state index in [1.54, 1.807) is 6.21 Å². The fourth-order valence-electron chi connectivity index (χ4n) is 3.78. The molecular formula is C18H22N2O. The summed E-state index contributed by atoms with van der Waals surface area (Å²) in [6.45, 7) is 2.25. The van der Waals surface area contributed by atoms with E-state index in [1.165, 1.54) is 25.7 Å². The lowest BCUT2D eigenvalue weighted by Gasteiger charge is -2.15. The van der Waals surface area contributed by atoms with Crippen molar-refractivity contribution in [2.45, 2.75) is 32.6 Å². The third-order valence-electron chi connectivity index (χ3n) is 5.04. The summed E-state index contributed by atoms with van der Waals surface area (Å²) in [6.07, 6.45) is 10.4. The Morgan fingerprint density at radius 1 is 1.33 bits per heavy atom. The summed E-state index contributed by atoms with van der Waals surface area (Å²) < 4.78 is 0. The molecule has 1 N–H and O–H groups in total. The number of allylic oxidation sites excluding steroid dienone is 1. The van der Waals surface area contributed by atoms with Gasteiger partial charge in [0, 0.05) is 12.1 Å². The van der Waals surface area contributed by atoms with Crippen LogP contribution in [0.3, 0.4) is 0 Å². The van der Waals surface area contributed by atoms with Crippen molar-refractivity contribution in [3.8, 4) is 0 Å². The van der Waals surface area contributed by atoms with Gasteiger partial charge in [-0.25, -0.2) is 5.43 Å². The molecule has 3 nitrogen and oxygen atoms in total. The molecule has 2 fully saturated rings. The molecule has 1 amide bonds. The molecular weight excluding hydrogens is 260 g/mol. The van der Waals surface area contributed by atoms with Crippen molar-refractivity contribution in [1.82, 2.24) is 5.43 Å². The molecule has 110 valence electrons. The maximum atomic E-state index is 12.2. The predicted octanol–water partition coefficient (Wildman–Crippen LogP) is 3.63. The molecule has 21 heavy (non-hydrogen) atoms. The minimum atomic E-state index is 0.0914. The van der Waals surface area contributed by atoms with Crippen LogP contribution in [-0.4, -0.2) is 12.1 Å². The summed E-state index contributed by atoms with van der Waals surface area (Å²) in [7, 11) is 0. The predicted molar refractivity (Wildman–Crippen MR) is 85.7 cm³/mol. The molecule has 0 aliphatic heterocycles. The lowest BCUT2D eigenvalue weighted by molar-refractivity contribution is -0.123. The zero-order valence-corrected chi connectivity index (χ0v) is 12.5. The second kappa shape index (κ2) is 5.84. The van der Waals surface area contributed by atoms with Crippen molar-refractivity contribution in [2.75, 3.05) is 0 Å². The summed E-state index contributed by atoms with van der Waals surface area (Å²) in [5, 5.41) is 4.03. The van der Waals surface area contributed by atoms with Crippen molar-refractivity contribution >= 4 is 18.2 Å². The van der Waals surface area contributed by atoms with Gasteiger partial charge in [0.2, 0.25) is 5.91 Å². The van der Waals surface area contributed by atoms with E-state index in [1.807, 2.05) is 42.5 Å². The second-order valence-electron chi connectivity index (χ2n) is 6.36. The Labute approximate surface area is 126 Å². The summed E-state index contributed by atoms with van der Waals surface area (Å²) >= 11 is 0. The molecule has 2 aliphatic rings. The summed E-state index contributed by atoms with van der Waals surface area (Å²) in [4.78, 5) is 12.2. The highest BCUT2D eigenvalue weighted by Gasteiger charge is 2.64. The van der Waals surface area contributed by atoms with E-state index in [0.717, 1.165) is 5.56 Å². The minimum absolute atomic E-state index is 0.0914. The molecule has 1 aromatic rings. The average Bonchev–Trinajstić information content (AvgIpc) is 3.13. The molecule has 3 heteroatoms. The third kappa shape index (κ3) is 2.92. The lowest BCUT2D eigenvalue weighted by atomic mass is 9.90. The van der Waals surface area contributed by atoms with Crippen LogP contribution in [0.25, 0.3) is 6.08 Å². The Morgan fingerprint density at radius 2 is 2.14 bits per heavy atom. The van der Waals surface area contributed by atoms with Gasteiger partial charge in [-0.1, -0.05) is 56.2 Å².